The maximum Gasteiger partial charge on any atom is 0.0687 e. The number of aryl methyl sites for hydroxylation is 3. The van der Waals surface area contributed by atoms with Gasteiger partial charge in [-0.25, -0.2) is 9.97 Å². The van der Waals surface area contributed by atoms with Crippen LogP contribution in [0.3, 0.4) is 0 Å². The first-order valence-corrected chi connectivity index (χ1v) is 13.8. The number of hydrogen-bond donors (Lipinski definition) is 3. The summed E-state index contributed by atoms with van der Waals surface area (Å²) in [5, 5.41) is 9.45. The largest absolute Gasteiger partial charge is 0.392 e. The molecule has 202 valence electrons. The molecule has 3 N–H and O–H groups in total. The summed E-state index contributed by atoms with van der Waals surface area (Å²) in [4.78, 5) is 17.2. The summed E-state index contributed by atoms with van der Waals surface area (Å²) in [5.41, 5.74) is 16.6. The molecule has 8 bridgehead atoms. The van der Waals surface area contributed by atoms with Crippen LogP contribution in [0.4, 0.5) is 0 Å². The second-order valence-corrected chi connectivity index (χ2v) is 10.7. The topological polar surface area (TPSA) is 77.6 Å². The third kappa shape index (κ3) is 4.98. The predicted octanol–water partition coefficient (Wildman–Crippen LogP) is 8.40. The molecule has 0 unspecified atom stereocenters. The molecular formula is C36H30N4OZn. The number of aliphatic hydroxyl groups excluding tert-OH is 1. The van der Waals surface area contributed by atoms with Crippen LogP contribution in [0, 0.1) is 20.8 Å². The minimum absolute atomic E-state index is 0. The molecule has 0 fully saturated rings. The average Bonchev–Trinajstić information content (AvgIpc) is 3.83. The third-order valence-electron chi connectivity index (χ3n) is 8.11. The van der Waals surface area contributed by atoms with Gasteiger partial charge in [-0.15, -0.1) is 0 Å². The second kappa shape index (κ2) is 11.1. The van der Waals surface area contributed by atoms with Crippen molar-refractivity contribution in [2.75, 3.05) is 0 Å². The van der Waals surface area contributed by atoms with Gasteiger partial charge in [0.2, 0.25) is 0 Å². The summed E-state index contributed by atoms with van der Waals surface area (Å²) in [5.74, 6) is 0. The summed E-state index contributed by atoms with van der Waals surface area (Å²) >= 11 is 0. The van der Waals surface area contributed by atoms with Crippen molar-refractivity contribution in [3.63, 3.8) is 0 Å². The fraction of sp³-hybridized carbons (Fsp3) is 0.111. The summed E-state index contributed by atoms with van der Waals surface area (Å²) in [6.45, 7) is 6.39. The number of aliphatic hydroxyl groups is 1. The first-order valence-electron chi connectivity index (χ1n) is 13.8. The van der Waals surface area contributed by atoms with E-state index in [2.05, 4.69) is 116 Å². The van der Waals surface area contributed by atoms with E-state index < -0.39 is 0 Å². The van der Waals surface area contributed by atoms with Crippen LogP contribution in [0.1, 0.15) is 45.0 Å². The minimum atomic E-state index is 0. The van der Waals surface area contributed by atoms with Crippen molar-refractivity contribution >= 4 is 46.4 Å². The third-order valence-corrected chi connectivity index (χ3v) is 8.11. The molecular weight excluding hydrogens is 570 g/mol. The minimum Gasteiger partial charge on any atom is -0.392 e. The van der Waals surface area contributed by atoms with Gasteiger partial charge < -0.3 is 15.1 Å². The second-order valence-electron chi connectivity index (χ2n) is 10.7. The van der Waals surface area contributed by atoms with Gasteiger partial charge in [0.1, 0.15) is 0 Å². The van der Waals surface area contributed by atoms with E-state index in [-0.39, 0.29) is 26.1 Å². The number of fused-ring (bicyclic) bond motifs is 8. The molecule has 5 aromatic rings. The van der Waals surface area contributed by atoms with E-state index in [1.54, 1.807) is 0 Å². The number of aromatic amines is 2. The van der Waals surface area contributed by atoms with Gasteiger partial charge in [0, 0.05) is 41.6 Å². The smallest absolute Gasteiger partial charge is 0.0687 e. The molecule has 5 heterocycles. The Morgan fingerprint density at radius 3 is 1.98 bits per heavy atom. The standard InChI is InChI=1S/C36H30N4O.Zn/c1-21-31-12-11-28(37-31)18-29-19-30(27-6-4-5-26(17-27)25-9-7-24(20-41)8-10-25)36(38-29)23(3)35-16-15-34(40-35)22(2)33-14-13-32(21)39-33;/h4-19,38-39,41H,20H2,1-3H3;. The average molecular weight is 600 g/mol. The van der Waals surface area contributed by atoms with Gasteiger partial charge >= 0.3 is 0 Å². The van der Waals surface area contributed by atoms with Gasteiger partial charge in [0.15, 0.2) is 0 Å². The molecule has 0 aliphatic carbocycles. The Balaban J connectivity index is 0.00000316. The molecule has 0 saturated carbocycles. The van der Waals surface area contributed by atoms with Crippen molar-refractivity contribution < 1.29 is 24.6 Å². The first-order chi connectivity index (χ1) is 20.0. The van der Waals surface area contributed by atoms with Crippen LogP contribution in [-0.4, -0.2) is 25.0 Å². The van der Waals surface area contributed by atoms with Gasteiger partial charge in [0.05, 0.1) is 34.9 Å². The number of hydrogen-bond acceptors (Lipinski definition) is 3. The Kier molecular flexibility index (Phi) is 7.36. The van der Waals surface area contributed by atoms with E-state index in [4.69, 9.17) is 9.97 Å². The molecule has 0 saturated heterocycles. The van der Waals surface area contributed by atoms with Crippen molar-refractivity contribution in [3.05, 3.63) is 118 Å². The van der Waals surface area contributed by atoms with E-state index in [1.165, 1.54) is 0 Å². The quantitative estimate of drug-likeness (QED) is 0.178. The Morgan fingerprint density at radius 1 is 0.619 bits per heavy atom. The number of nitrogens with zero attached hydrogens (tertiary/aromatic N) is 2. The van der Waals surface area contributed by atoms with Gasteiger partial charge in [0.25, 0.3) is 0 Å². The Bertz CT molecular complexity index is 2060. The van der Waals surface area contributed by atoms with Gasteiger partial charge in [-0.1, -0.05) is 42.5 Å². The molecule has 7 rings (SSSR count). The van der Waals surface area contributed by atoms with E-state index >= 15 is 0 Å². The summed E-state index contributed by atoms with van der Waals surface area (Å²) < 4.78 is 0. The Hall–Kier alpha value is -4.38. The van der Waals surface area contributed by atoms with Crippen molar-refractivity contribution in [2.24, 2.45) is 0 Å². The molecule has 5 nitrogen and oxygen atoms in total. The normalized spacial score (nSPS) is 12.0. The number of H-pyrrole nitrogens is 2. The summed E-state index contributed by atoms with van der Waals surface area (Å²) in [6.07, 6.45) is 8.34. The maximum atomic E-state index is 9.45. The molecule has 0 amide bonds. The van der Waals surface area contributed by atoms with Gasteiger partial charge in [-0.2, -0.15) is 0 Å². The Morgan fingerprint density at radius 2 is 1.26 bits per heavy atom. The molecule has 3 aromatic heterocycles. The predicted molar refractivity (Wildman–Crippen MR) is 170 cm³/mol. The van der Waals surface area contributed by atoms with Crippen molar-refractivity contribution in [2.45, 2.75) is 27.4 Å². The van der Waals surface area contributed by atoms with E-state index in [9.17, 15) is 5.11 Å². The van der Waals surface area contributed by atoms with Gasteiger partial charge in [-0.3, -0.25) is 0 Å². The SMILES string of the molecule is Cc1c2nc(cc3cc(-c4cccc(-c5ccc(CO)cc5)c4)c([nH]3)c(C)c3nc(c(C)c4ccc1[nH]4)C=C3)C=C2.[Zn]. The van der Waals surface area contributed by atoms with Crippen LogP contribution in [0.5, 0.6) is 0 Å². The molecule has 2 aliphatic heterocycles. The van der Waals surface area contributed by atoms with E-state index in [0.717, 1.165) is 89.4 Å². The molecule has 2 aliphatic rings. The molecule has 42 heavy (non-hydrogen) atoms. The molecule has 0 atom stereocenters. The van der Waals surface area contributed by atoms with Crippen LogP contribution < -0.4 is 0 Å². The molecule has 6 heteroatoms. The van der Waals surface area contributed by atoms with Crippen molar-refractivity contribution in [1.82, 2.24) is 19.9 Å². The van der Waals surface area contributed by atoms with Crippen LogP contribution in [-0.2, 0) is 26.1 Å². The first kappa shape index (κ1) is 27.8. The van der Waals surface area contributed by atoms with Crippen molar-refractivity contribution in [1.29, 1.82) is 0 Å². The maximum absolute atomic E-state index is 9.45. The zero-order valence-electron chi connectivity index (χ0n) is 24.0. The fourth-order valence-corrected chi connectivity index (χ4v) is 5.59. The summed E-state index contributed by atoms with van der Waals surface area (Å²) in [7, 11) is 0. The fourth-order valence-electron chi connectivity index (χ4n) is 5.59. The monoisotopic (exact) mass is 598 g/mol. The zero-order chi connectivity index (χ0) is 28.1. The Labute approximate surface area is 257 Å². The molecule has 0 radical (unpaired) electrons. The zero-order valence-corrected chi connectivity index (χ0v) is 27.0. The van der Waals surface area contributed by atoms with E-state index in [0.29, 0.717) is 0 Å². The summed E-state index contributed by atoms with van der Waals surface area (Å²) in [6, 6.07) is 25.2. The van der Waals surface area contributed by atoms with Crippen LogP contribution in [0.15, 0.2) is 72.8 Å². The van der Waals surface area contributed by atoms with Crippen LogP contribution >= 0.6 is 0 Å². The van der Waals surface area contributed by atoms with Crippen LogP contribution in [0.2, 0.25) is 0 Å². The van der Waals surface area contributed by atoms with Crippen molar-refractivity contribution in [3.8, 4) is 22.3 Å². The number of nitrogens with one attached hydrogen (secondary N) is 2. The molecule has 2 aromatic carbocycles. The van der Waals surface area contributed by atoms with Gasteiger partial charge in [-0.05, 0) is 114 Å². The molecule has 0 spiro atoms. The van der Waals surface area contributed by atoms with Crippen LogP contribution in [0.25, 0.3) is 68.6 Å². The number of aromatic nitrogens is 4. The number of rotatable bonds is 3. The number of benzene rings is 2. The van der Waals surface area contributed by atoms with E-state index in [1.807, 2.05) is 12.1 Å².